The van der Waals surface area contributed by atoms with E-state index in [1.807, 2.05) is 44.2 Å². The van der Waals surface area contributed by atoms with Crippen LogP contribution in [0.2, 0.25) is 5.02 Å². The van der Waals surface area contributed by atoms with Crippen LogP contribution < -0.4 is 20.3 Å². The average Bonchev–Trinajstić information content (AvgIpc) is 3.18. The second-order valence-corrected chi connectivity index (χ2v) is 12.9. The SMILES string of the molecule is CC1(C)CC(=O)C2=C(C1)Nc1c(O)cccc1N(C(=O)NCC(=O)N1CCOCC1)C2c1ccc(OCc2ccccc2)cc1Cl. The van der Waals surface area contributed by atoms with Crippen molar-refractivity contribution in [2.45, 2.75) is 39.3 Å². The van der Waals surface area contributed by atoms with E-state index in [0.717, 1.165) is 5.56 Å². The first-order valence-corrected chi connectivity index (χ1v) is 15.7. The Hall–Kier alpha value is -4.54. The minimum absolute atomic E-state index is 0.0845. The monoisotopic (exact) mass is 644 g/mol. The molecule has 3 aliphatic rings. The number of hydrogen-bond donors (Lipinski definition) is 3. The molecular weight excluding hydrogens is 608 g/mol. The molecule has 3 amide bonds. The number of para-hydroxylation sites is 1. The second kappa shape index (κ2) is 13.1. The average molecular weight is 645 g/mol. The lowest BCUT2D eigenvalue weighted by atomic mass is 9.73. The first-order chi connectivity index (χ1) is 22.1. The van der Waals surface area contributed by atoms with Gasteiger partial charge in [-0.15, -0.1) is 0 Å². The van der Waals surface area contributed by atoms with Gasteiger partial charge in [-0.05, 0) is 47.2 Å². The van der Waals surface area contributed by atoms with Gasteiger partial charge >= 0.3 is 6.03 Å². The zero-order chi connectivity index (χ0) is 32.4. The fourth-order valence-electron chi connectivity index (χ4n) is 6.28. The molecule has 0 radical (unpaired) electrons. The molecule has 0 spiro atoms. The van der Waals surface area contributed by atoms with Crippen LogP contribution in [0, 0.1) is 5.41 Å². The second-order valence-electron chi connectivity index (χ2n) is 12.5. The van der Waals surface area contributed by atoms with Gasteiger partial charge in [0.25, 0.3) is 0 Å². The van der Waals surface area contributed by atoms with Crippen molar-refractivity contribution < 1.29 is 29.0 Å². The zero-order valence-corrected chi connectivity index (χ0v) is 26.6. The molecule has 2 heterocycles. The molecule has 1 saturated heterocycles. The van der Waals surface area contributed by atoms with E-state index in [0.29, 0.717) is 72.6 Å². The van der Waals surface area contributed by atoms with Crippen molar-refractivity contribution in [3.8, 4) is 11.5 Å². The topological polar surface area (TPSA) is 120 Å². The summed E-state index contributed by atoms with van der Waals surface area (Å²) < 4.78 is 11.4. The maximum Gasteiger partial charge on any atom is 0.323 e. The standard InChI is InChI=1S/C35H37ClN4O6/c1-35(2)18-26-31(29(42)19-35)33(24-12-11-23(17-25(24)36)46-21-22-7-4-3-5-8-22)40(27-9-6-10-28(41)32(27)38-26)34(44)37-20-30(43)39-13-15-45-16-14-39/h3-12,17,33,38,41H,13-16,18-21H2,1-2H3,(H,37,44). The number of allylic oxidation sites excluding steroid dienone is 1. The van der Waals surface area contributed by atoms with E-state index in [1.165, 1.54) is 11.0 Å². The fraction of sp³-hybridized carbons (Fsp3) is 0.343. The zero-order valence-electron chi connectivity index (χ0n) is 25.8. The molecule has 3 aromatic carbocycles. The number of amides is 3. The quantitative estimate of drug-likeness (QED) is 0.290. The number of ketones is 1. The van der Waals surface area contributed by atoms with Gasteiger partial charge in [-0.25, -0.2) is 4.79 Å². The highest BCUT2D eigenvalue weighted by molar-refractivity contribution is 6.31. The van der Waals surface area contributed by atoms with Crippen LogP contribution in [0.25, 0.3) is 0 Å². The van der Waals surface area contributed by atoms with Gasteiger partial charge in [0.2, 0.25) is 5.91 Å². The summed E-state index contributed by atoms with van der Waals surface area (Å²) in [6.45, 7) is 5.86. The molecule has 1 aliphatic carbocycles. The van der Waals surface area contributed by atoms with Crippen LogP contribution in [0.5, 0.6) is 11.5 Å². The molecular formula is C35H37ClN4O6. The third-order valence-corrected chi connectivity index (χ3v) is 8.82. The van der Waals surface area contributed by atoms with Gasteiger partial charge in [-0.1, -0.05) is 67.9 Å². The van der Waals surface area contributed by atoms with Crippen molar-refractivity contribution in [1.29, 1.82) is 0 Å². The molecule has 1 unspecified atom stereocenters. The molecule has 3 N–H and O–H groups in total. The summed E-state index contributed by atoms with van der Waals surface area (Å²) in [6.07, 6.45) is 0.756. The number of ether oxygens (including phenoxy) is 2. The first-order valence-electron chi connectivity index (χ1n) is 15.4. The number of phenols is 1. The Kier molecular flexibility index (Phi) is 8.93. The summed E-state index contributed by atoms with van der Waals surface area (Å²) in [5.41, 5.74) is 2.74. The summed E-state index contributed by atoms with van der Waals surface area (Å²) in [5, 5.41) is 17.4. The van der Waals surface area contributed by atoms with E-state index in [1.54, 1.807) is 35.2 Å². The maximum absolute atomic E-state index is 14.3. The van der Waals surface area contributed by atoms with Gasteiger partial charge in [0.05, 0.1) is 31.5 Å². The van der Waals surface area contributed by atoms with Crippen LogP contribution in [-0.2, 0) is 20.9 Å². The molecule has 1 fully saturated rings. The van der Waals surface area contributed by atoms with Crippen molar-refractivity contribution in [2.75, 3.05) is 43.1 Å². The van der Waals surface area contributed by atoms with E-state index >= 15 is 0 Å². The van der Waals surface area contributed by atoms with Crippen molar-refractivity contribution >= 4 is 40.7 Å². The van der Waals surface area contributed by atoms with Gasteiger partial charge in [-0.2, -0.15) is 0 Å². The molecule has 2 aliphatic heterocycles. The Balaban J connectivity index is 1.41. The van der Waals surface area contributed by atoms with E-state index in [9.17, 15) is 19.5 Å². The molecule has 46 heavy (non-hydrogen) atoms. The molecule has 240 valence electrons. The molecule has 1 atom stereocenters. The van der Waals surface area contributed by atoms with Gasteiger partial charge in [0, 0.05) is 35.8 Å². The maximum atomic E-state index is 14.3. The van der Waals surface area contributed by atoms with E-state index < -0.39 is 12.1 Å². The number of nitrogens with one attached hydrogen (secondary N) is 2. The summed E-state index contributed by atoms with van der Waals surface area (Å²) in [7, 11) is 0. The summed E-state index contributed by atoms with van der Waals surface area (Å²) in [6, 6.07) is 18.2. The summed E-state index contributed by atoms with van der Waals surface area (Å²) >= 11 is 6.98. The number of aromatic hydroxyl groups is 1. The molecule has 6 rings (SSSR count). The normalized spacial score (nSPS) is 19.0. The number of carbonyl (C=O) groups is 3. The van der Waals surface area contributed by atoms with Gasteiger partial charge in [0.15, 0.2) is 5.78 Å². The number of morpholine rings is 1. The predicted octanol–water partition coefficient (Wildman–Crippen LogP) is 5.81. The predicted molar refractivity (Wildman–Crippen MR) is 175 cm³/mol. The van der Waals surface area contributed by atoms with Gasteiger partial charge in [-0.3, -0.25) is 14.5 Å². The molecule has 3 aromatic rings. The van der Waals surface area contributed by atoms with Crippen molar-refractivity contribution in [3.05, 3.63) is 94.1 Å². The molecule has 10 nitrogen and oxygen atoms in total. The summed E-state index contributed by atoms with van der Waals surface area (Å²) in [5.74, 6) is 0.0583. The Labute approximate surface area is 272 Å². The number of fused-ring (bicyclic) bond motifs is 1. The molecule has 11 heteroatoms. The largest absolute Gasteiger partial charge is 0.506 e. The number of anilines is 2. The highest BCUT2D eigenvalue weighted by Gasteiger charge is 2.44. The number of Topliss-reactive ketones (excluding diaryl/α,β-unsaturated/α-hetero) is 1. The molecule has 0 saturated carbocycles. The Morgan fingerprint density at radius 1 is 1.07 bits per heavy atom. The lowest BCUT2D eigenvalue weighted by Gasteiger charge is -2.37. The van der Waals surface area contributed by atoms with Crippen LogP contribution in [0.1, 0.15) is 43.9 Å². The highest BCUT2D eigenvalue weighted by atomic mass is 35.5. The number of phenolic OH excluding ortho intramolecular Hbond substituents is 1. The number of urea groups is 1. The smallest absolute Gasteiger partial charge is 0.323 e. The number of halogens is 1. The molecule has 0 bridgehead atoms. The van der Waals surface area contributed by atoms with Gasteiger partial charge in [0.1, 0.15) is 23.8 Å². The lowest BCUT2D eigenvalue weighted by Crippen LogP contribution is -2.49. The first kappa shape index (κ1) is 31.4. The number of hydrogen-bond acceptors (Lipinski definition) is 7. The van der Waals surface area contributed by atoms with Crippen molar-refractivity contribution in [3.63, 3.8) is 0 Å². The minimum Gasteiger partial charge on any atom is -0.506 e. The highest BCUT2D eigenvalue weighted by Crippen LogP contribution is 2.51. The Morgan fingerprint density at radius 3 is 2.57 bits per heavy atom. The lowest BCUT2D eigenvalue weighted by molar-refractivity contribution is -0.134. The number of carbonyl (C=O) groups excluding carboxylic acids is 3. The number of nitrogens with zero attached hydrogens (tertiary/aromatic N) is 2. The van der Waals surface area contributed by atoms with Crippen LogP contribution in [0.15, 0.2) is 78.0 Å². The van der Waals surface area contributed by atoms with Crippen LogP contribution in [0.3, 0.4) is 0 Å². The number of rotatable bonds is 6. The van der Waals surface area contributed by atoms with E-state index in [-0.39, 0.29) is 41.5 Å². The Morgan fingerprint density at radius 2 is 1.83 bits per heavy atom. The van der Waals surface area contributed by atoms with Crippen molar-refractivity contribution in [2.24, 2.45) is 5.41 Å². The Bertz CT molecular complexity index is 1690. The van der Waals surface area contributed by atoms with E-state index in [2.05, 4.69) is 10.6 Å². The third kappa shape index (κ3) is 6.54. The summed E-state index contributed by atoms with van der Waals surface area (Å²) in [4.78, 5) is 44.3. The third-order valence-electron chi connectivity index (χ3n) is 8.50. The number of benzene rings is 3. The van der Waals surface area contributed by atoms with Crippen molar-refractivity contribution in [1.82, 2.24) is 10.2 Å². The minimum atomic E-state index is -0.969. The van der Waals surface area contributed by atoms with Crippen LogP contribution in [-0.4, -0.2) is 60.6 Å². The van der Waals surface area contributed by atoms with E-state index in [4.69, 9.17) is 21.1 Å². The molecule has 0 aromatic heterocycles. The van der Waals surface area contributed by atoms with Gasteiger partial charge < -0.3 is 30.1 Å². The van der Waals surface area contributed by atoms with Crippen LogP contribution >= 0.6 is 11.6 Å². The van der Waals surface area contributed by atoms with Crippen LogP contribution in [0.4, 0.5) is 16.2 Å². The fourth-order valence-corrected chi connectivity index (χ4v) is 6.56.